The first-order chi connectivity index (χ1) is 8.08. The van der Waals surface area contributed by atoms with Gasteiger partial charge in [-0.3, -0.25) is 11.3 Å². The first kappa shape index (κ1) is 14.1. The van der Waals surface area contributed by atoms with Gasteiger partial charge in [0.05, 0.1) is 6.10 Å². The Kier molecular flexibility index (Phi) is 5.55. The largest absolute Gasteiger partial charge is 0.382 e. The molecule has 1 rings (SSSR count). The van der Waals surface area contributed by atoms with Crippen LogP contribution in [0.2, 0.25) is 0 Å². The quantitative estimate of drug-likeness (QED) is 0.593. The molecule has 0 aromatic heterocycles. The zero-order chi connectivity index (χ0) is 12.8. The summed E-state index contributed by atoms with van der Waals surface area (Å²) in [5.41, 5.74) is 4.24. The smallest absolute Gasteiger partial charge is 0.126 e. The van der Waals surface area contributed by atoms with Gasteiger partial charge in [0.15, 0.2) is 0 Å². The van der Waals surface area contributed by atoms with E-state index in [0.717, 1.165) is 18.4 Å². The van der Waals surface area contributed by atoms with E-state index in [1.54, 1.807) is 20.1 Å². The molecule has 0 aliphatic carbocycles. The van der Waals surface area contributed by atoms with Gasteiger partial charge < -0.3 is 4.74 Å². The Morgan fingerprint density at radius 3 is 2.65 bits per heavy atom. The molecule has 1 aromatic carbocycles. The van der Waals surface area contributed by atoms with Crippen molar-refractivity contribution in [2.24, 2.45) is 5.84 Å². The molecule has 0 aliphatic heterocycles. The third-order valence-electron chi connectivity index (χ3n) is 3.06. The van der Waals surface area contributed by atoms with Crippen LogP contribution in [0.15, 0.2) is 18.2 Å². The predicted octanol–water partition coefficient (Wildman–Crippen LogP) is 2.45. The highest BCUT2D eigenvalue weighted by atomic mass is 19.1. The monoisotopic (exact) mass is 240 g/mol. The number of hydrogen-bond donors (Lipinski definition) is 2. The summed E-state index contributed by atoms with van der Waals surface area (Å²) in [5, 5.41) is 0. The number of nitrogens with one attached hydrogen (secondary N) is 1. The van der Waals surface area contributed by atoms with Gasteiger partial charge in [-0.2, -0.15) is 0 Å². The van der Waals surface area contributed by atoms with Crippen LogP contribution in [0.3, 0.4) is 0 Å². The molecule has 2 unspecified atom stereocenters. The van der Waals surface area contributed by atoms with Crippen LogP contribution >= 0.6 is 0 Å². The van der Waals surface area contributed by atoms with Crippen molar-refractivity contribution < 1.29 is 9.13 Å². The second-order valence-corrected chi connectivity index (χ2v) is 4.35. The fourth-order valence-electron chi connectivity index (χ4n) is 1.69. The number of hydrogen-bond acceptors (Lipinski definition) is 3. The molecule has 3 nitrogen and oxygen atoms in total. The fraction of sp³-hybridized carbons (Fsp3) is 0.538. The number of methoxy groups -OCH3 is 1. The van der Waals surface area contributed by atoms with Gasteiger partial charge in [-0.1, -0.05) is 12.1 Å². The molecule has 2 atom stereocenters. The second kappa shape index (κ2) is 6.69. The van der Waals surface area contributed by atoms with E-state index < -0.39 is 0 Å². The minimum absolute atomic E-state index is 0.0392. The van der Waals surface area contributed by atoms with Gasteiger partial charge in [-0.05, 0) is 43.9 Å². The van der Waals surface area contributed by atoms with E-state index in [2.05, 4.69) is 5.43 Å². The lowest BCUT2D eigenvalue weighted by atomic mass is 10.00. The summed E-state index contributed by atoms with van der Waals surface area (Å²) in [6.07, 6.45) is 1.87. The number of benzene rings is 1. The molecule has 0 aliphatic rings. The van der Waals surface area contributed by atoms with Crippen LogP contribution in [-0.2, 0) is 4.74 Å². The van der Waals surface area contributed by atoms with Crippen molar-refractivity contribution in [1.29, 1.82) is 0 Å². The predicted molar refractivity (Wildman–Crippen MR) is 66.9 cm³/mol. The van der Waals surface area contributed by atoms with Crippen molar-refractivity contribution in [1.82, 2.24) is 5.43 Å². The fourth-order valence-corrected chi connectivity index (χ4v) is 1.69. The Hall–Kier alpha value is -0.970. The van der Waals surface area contributed by atoms with Gasteiger partial charge in [-0.25, -0.2) is 4.39 Å². The van der Waals surface area contributed by atoms with Crippen LogP contribution in [0.25, 0.3) is 0 Å². The minimum Gasteiger partial charge on any atom is -0.382 e. The van der Waals surface area contributed by atoms with Crippen LogP contribution in [0, 0.1) is 12.7 Å². The third kappa shape index (κ3) is 4.07. The Balaban J connectivity index is 2.69. The van der Waals surface area contributed by atoms with E-state index in [0.29, 0.717) is 5.56 Å². The summed E-state index contributed by atoms with van der Waals surface area (Å²) in [5.74, 6) is 5.32. The average Bonchev–Trinajstić information content (AvgIpc) is 2.33. The standard InChI is InChI=1S/C13H21FN2O/c1-9-4-6-11(8-12(9)14)13(16-15)7-5-10(2)17-3/h4,6,8,10,13,16H,5,7,15H2,1-3H3. The van der Waals surface area contributed by atoms with Gasteiger partial charge >= 0.3 is 0 Å². The maximum Gasteiger partial charge on any atom is 0.126 e. The molecule has 1 aromatic rings. The lowest BCUT2D eigenvalue weighted by molar-refractivity contribution is 0.106. The van der Waals surface area contributed by atoms with Crippen molar-refractivity contribution in [3.05, 3.63) is 35.1 Å². The van der Waals surface area contributed by atoms with Crippen LogP contribution in [0.5, 0.6) is 0 Å². The highest BCUT2D eigenvalue weighted by Crippen LogP contribution is 2.21. The third-order valence-corrected chi connectivity index (χ3v) is 3.06. The summed E-state index contributed by atoms with van der Waals surface area (Å²) in [6.45, 7) is 3.75. The van der Waals surface area contributed by atoms with Crippen LogP contribution in [0.4, 0.5) is 4.39 Å². The maximum absolute atomic E-state index is 13.4. The van der Waals surface area contributed by atoms with Gasteiger partial charge in [0.2, 0.25) is 0 Å². The van der Waals surface area contributed by atoms with Crippen molar-refractivity contribution >= 4 is 0 Å². The number of nitrogens with two attached hydrogens (primary N) is 1. The van der Waals surface area contributed by atoms with Crippen molar-refractivity contribution in [3.8, 4) is 0 Å². The summed E-state index contributed by atoms with van der Waals surface area (Å²) >= 11 is 0. The van der Waals surface area contributed by atoms with E-state index in [9.17, 15) is 4.39 Å². The molecule has 0 bridgehead atoms. The molecule has 0 amide bonds. The van der Waals surface area contributed by atoms with Crippen molar-refractivity contribution in [2.45, 2.75) is 38.8 Å². The van der Waals surface area contributed by atoms with Crippen LogP contribution < -0.4 is 11.3 Å². The SMILES string of the molecule is COC(C)CCC(NN)c1ccc(C)c(F)c1. The summed E-state index contributed by atoms with van der Waals surface area (Å²) < 4.78 is 18.6. The summed E-state index contributed by atoms with van der Waals surface area (Å²) in [4.78, 5) is 0. The zero-order valence-electron chi connectivity index (χ0n) is 10.7. The lowest BCUT2D eigenvalue weighted by Crippen LogP contribution is -2.29. The first-order valence-electron chi connectivity index (χ1n) is 5.83. The van der Waals surface area contributed by atoms with Gasteiger partial charge in [0.25, 0.3) is 0 Å². The maximum atomic E-state index is 13.4. The van der Waals surface area contributed by atoms with E-state index in [1.165, 1.54) is 6.07 Å². The second-order valence-electron chi connectivity index (χ2n) is 4.35. The molecule has 0 saturated heterocycles. The Morgan fingerprint density at radius 1 is 1.41 bits per heavy atom. The van der Waals surface area contributed by atoms with E-state index in [1.807, 2.05) is 13.0 Å². The number of rotatable bonds is 6. The normalized spacial score (nSPS) is 14.6. The van der Waals surface area contributed by atoms with Crippen molar-refractivity contribution in [3.63, 3.8) is 0 Å². The molecular formula is C13H21FN2O. The highest BCUT2D eigenvalue weighted by molar-refractivity contribution is 5.25. The Bertz CT molecular complexity index is 357. The molecule has 4 heteroatoms. The topological polar surface area (TPSA) is 47.3 Å². The molecule has 0 radical (unpaired) electrons. The first-order valence-corrected chi connectivity index (χ1v) is 5.83. The molecule has 0 heterocycles. The Morgan fingerprint density at radius 2 is 2.12 bits per heavy atom. The molecule has 0 saturated carbocycles. The number of halogens is 1. The van der Waals surface area contributed by atoms with Gasteiger partial charge in [0, 0.05) is 13.2 Å². The zero-order valence-corrected chi connectivity index (χ0v) is 10.7. The molecule has 3 N–H and O–H groups in total. The highest BCUT2D eigenvalue weighted by Gasteiger charge is 2.12. The molecule has 96 valence electrons. The molecule has 17 heavy (non-hydrogen) atoms. The van der Waals surface area contributed by atoms with Crippen molar-refractivity contribution in [2.75, 3.05) is 7.11 Å². The van der Waals surface area contributed by atoms with E-state index in [4.69, 9.17) is 10.6 Å². The van der Waals surface area contributed by atoms with Gasteiger partial charge in [-0.15, -0.1) is 0 Å². The van der Waals surface area contributed by atoms with Crippen LogP contribution in [-0.4, -0.2) is 13.2 Å². The number of ether oxygens (including phenoxy) is 1. The summed E-state index contributed by atoms with van der Waals surface area (Å²) in [6, 6.07) is 5.18. The van der Waals surface area contributed by atoms with Crippen LogP contribution in [0.1, 0.15) is 36.9 Å². The lowest BCUT2D eigenvalue weighted by Gasteiger charge is -2.18. The Labute approximate surface area is 102 Å². The number of aryl methyl sites for hydroxylation is 1. The summed E-state index contributed by atoms with van der Waals surface area (Å²) in [7, 11) is 1.68. The molecule has 0 spiro atoms. The molecular weight excluding hydrogens is 219 g/mol. The molecule has 0 fully saturated rings. The van der Waals surface area contributed by atoms with Gasteiger partial charge in [0.1, 0.15) is 5.82 Å². The average molecular weight is 240 g/mol. The minimum atomic E-state index is -0.192. The number of hydrazine groups is 1. The van der Waals surface area contributed by atoms with E-state index >= 15 is 0 Å². The van der Waals surface area contributed by atoms with E-state index in [-0.39, 0.29) is 18.0 Å².